The monoisotopic (exact) mass is 263 g/mol. The maximum Gasteiger partial charge on any atom is 0.303 e. The summed E-state index contributed by atoms with van der Waals surface area (Å²) in [5, 5.41) is 11.2. The van der Waals surface area contributed by atoms with E-state index in [1.54, 1.807) is 24.3 Å². The van der Waals surface area contributed by atoms with E-state index in [9.17, 15) is 14.4 Å². The van der Waals surface area contributed by atoms with E-state index in [0.717, 1.165) is 6.42 Å². The Hall–Kier alpha value is -2.17. The van der Waals surface area contributed by atoms with Crippen LogP contribution in [0.5, 0.6) is 0 Å². The van der Waals surface area contributed by atoms with E-state index >= 15 is 0 Å². The first kappa shape index (κ1) is 14.9. The summed E-state index contributed by atoms with van der Waals surface area (Å²) < 4.78 is 0. The van der Waals surface area contributed by atoms with Gasteiger partial charge in [-0.3, -0.25) is 14.4 Å². The number of carbonyl (C=O) groups is 3. The van der Waals surface area contributed by atoms with Crippen LogP contribution in [-0.4, -0.2) is 22.8 Å². The number of hydrogen-bond acceptors (Lipinski definition) is 3. The zero-order valence-electron chi connectivity index (χ0n) is 10.8. The number of amides is 1. The van der Waals surface area contributed by atoms with Crippen LogP contribution < -0.4 is 5.32 Å². The minimum absolute atomic E-state index is 0.0170. The summed E-state index contributed by atoms with van der Waals surface area (Å²) in [5.41, 5.74) is 1.09. The summed E-state index contributed by atoms with van der Waals surface area (Å²) in [7, 11) is 0. The van der Waals surface area contributed by atoms with Gasteiger partial charge in [-0.05, 0) is 30.7 Å². The lowest BCUT2D eigenvalue weighted by Gasteiger charge is -2.05. The molecule has 0 radical (unpaired) electrons. The second-order valence-corrected chi connectivity index (χ2v) is 4.19. The summed E-state index contributed by atoms with van der Waals surface area (Å²) in [6, 6.07) is 6.46. The van der Waals surface area contributed by atoms with Crippen LogP contribution in [0.3, 0.4) is 0 Å². The summed E-state index contributed by atoms with van der Waals surface area (Å²) in [4.78, 5) is 33.4. The summed E-state index contributed by atoms with van der Waals surface area (Å²) in [5.74, 6) is -1.27. The topological polar surface area (TPSA) is 83.5 Å². The molecule has 0 aromatic heterocycles. The number of Topliss-reactive ketones (excluding diaryl/α,β-unsaturated/α-hetero) is 1. The van der Waals surface area contributed by atoms with Crippen molar-refractivity contribution in [3.63, 3.8) is 0 Å². The SMILES string of the molecule is CCCC(=O)Nc1ccc(C(=O)CCC(=O)O)cc1. The molecule has 1 rings (SSSR count). The van der Waals surface area contributed by atoms with Crippen molar-refractivity contribution in [1.82, 2.24) is 0 Å². The number of carboxylic acid groups (broad SMARTS) is 1. The van der Waals surface area contributed by atoms with E-state index in [1.165, 1.54) is 0 Å². The molecule has 0 atom stereocenters. The maximum absolute atomic E-state index is 11.6. The van der Waals surface area contributed by atoms with Gasteiger partial charge in [-0.25, -0.2) is 0 Å². The molecule has 0 unspecified atom stereocenters. The number of anilines is 1. The predicted octanol–water partition coefficient (Wildman–Crippen LogP) is 2.47. The van der Waals surface area contributed by atoms with Gasteiger partial charge in [0.1, 0.15) is 0 Å². The van der Waals surface area contributed by atoms with Crippen LogP contribution in [-0.2, 0) is 9.59 Å². The van der Waals surface area contributed by atoms with Crippen molar-refractivity contribution < 1.29 is 19.5 Å². The van der Waals surface area contributed by atoms with Gasteiger partial charge in [0.2, 0.25) is 5.91 Å². The summed E-state index contributed by atoms with van der Waals surface area (Å²) >= 11 is 0. The Kier molecular flexibility index (Phi) is 5.73. The molecule has 0 aliphatic carbocycles. The lowest BCUT2D eigenvalue weighted by molar-refractivity contribution is -0.137. The fourth-order valence-corrected chi connectivity index (χ4v) is 1.55. The van der Waals surface area contributed by atoms with Crippen molar-refractivity contribution in [3.8, 4) is 0 Å². The smallest absolute Gasteiger partial charge is 0.303 e. The Morgan fingerprint density at radius 2 is 1.68 bits per heavy atom. The molecule has 5 heteroatoms. The van der Waals surface area contributed by atoms with Crippen molar-refractivity contribution in [1.29, 1.82) is 0 Å². The van der Waals surface area contributed by atoms with Crippen molar-refractivity contribution >= 4 is 23.3 Å². The van der Waals surface area contributed by atoms with E-state index < -0.39 is 5.97 Å². The van der Waals surface area contributed by atoms with Gasteiger partial charge in [0.05, 0.1) is 6.42 Å². The van der Waals surface area contributed by atoms with Crippen LogP contribution in [0.4, 0.5) is 5.69 Å². The molecule has 0 spiro atoms. The lowest BCUT2D eigenvalue weighted by Crippen LogP contribution is -2.10. The van der Waals surface area contributed by atoms with Gasteiger partial charge < -0.3 is 10.4 Å². The van der Waals surface area contributed by atoms with Gasteiger partial charge in [-0.15, -0.1) is 0 Å². The van der Waals surface area contributed by atoms with Crippen LogP contribution >= 0.6 is 0 Å². The highest BCUT2D eigenvalue weighted by molar-refractivity contribution is 5.98. The van der Waals surface area contributed by atoms with E-state index in [1.807, 2.05) is 6.92 Å². The first-order chi connectivity index (χ1) is 9.02. The number of carbonyl (C=O) groups excluding carboxylic acids is 2. The lowest BCUT2D eigenvalue weighted by atomic mass is 10.1. The van der Waals surface area contributed by atoms with Crippen molar-refractivity contribution in [2.24, 2.45) is 0 Å². The van der Waals surface area contributed by atoms with Crippen LogP contribution in [0.1, 0.15) is 43.0 Å². The standard InChI is InChI=1S/C14H17NO4/c1-2-3-13(17)15-11-6-4-10(5-7-11)12(16)8-9-14(18)19/h4-7H,2-3,8-9H2,1H3,(H,15,17)(H,18,19). The number of benzene rings is 1. The largest absolute Gasteiger partial charge is 0.481 e. The molecule has 0 bridgehead atoms. The number of ketones is 1. The molecule has 19 heavy (non-hydrogen) atoms. The van der Waals surface area contributed by atoms with Crippen molar-refractivity contribution in [2.45, 2.75) is 32.6 Å². The average Bonchev–Trinajstić information content (AvgIpc) is 2.37. The Balaban J connectivity index is 2.58. The van der Waals surface area contributed by atoms with Gasteiger partial charge in [0.25, 0.3) is 0 Å². The predicted molar refractivity (Wildman–Crippen MR) is 71.2 cm³/mol. The highest BCUT2D eigenvalue weighted by atomic mass is 16.4. The quantitative estimate of drug-likeness (QED) is 0.740. The fraction of sp³-hybridized carbons (Fsp3) is 0.357. The Morgan fingerprint density at radius 3 is 2.21 bits per heavy atom. The van der Waals surface area contributed by atoms with Gasteiger partial charge in [-0.1, -0.05) is 6.92 Å². The average molecular weight is 263 g/mol. The highest BCUT2D eigenvalue weighted by Gasteiger charge is 2.08. The second-order valence-electron chi connectivity index (χ2n) is 4.19. The minimum atomic E-state index is -0.989. The first-order valence-electron chi connectivity index (χ1n) is 6.18. The normalized spacial score (nSPS) is 9.95. The van der Waals surface area contributed by atoms with E-state index in [0.29, 0.717) is 17.7 Å². The van der Waals surface area contributed by atoms with Crippen molar-refractivity contribution in [2.75, 3.05) is 5.32 Å². The molecular formula is C14H17NO4. The number of hydrogen-bond donors (Lipinski definition) is 2. The third kappa shape index (κ3) is 5.33. The Labute approximate surface area is 111 Å². The van der Waals surface area contributed by atoms with Crippen LogP contribution in [0.2, 0.25) is 0 Å². The molecule has 0 aliphatic rings. The molecule has 0 saturated heterocycles. The third-order valence-electron chi connectivity index (χ3n) is 2.53. The van der Waals surface area contributed by atoms with Gasteiger partial charge >= 0.3 is 5.97 Å². The third-order valence-corrected chi connectivity index (χ3v) is 2.53. The Morgan fingerprint density at radius 1 is 1.05 bits per heavy atom. The molecule has 1 aromatic carbocycles. The highest BCUT2D eigenvalue weighted by Crippen LogP contribution is 2.12. The molecule has 0 saturated carbocycles. The summed E-state index contributed by atoms with van der Waals surface area (Å²) in [6.07, 6.45) is 1.04. The van der Waals surface area contributed by atoms with Crippen LogP contribution in [0.15, 0.2) is 24.3 Å². The molecule has 1 aromatic rings. The van der Waals surface area contributed by atoms with E-state index in [2.05, 4.69) is 5.32 Å². The molecule has 2 N–H and O–H groups in total. The summed E-state index contributed by atoms with van der Waals surface area (Å²) in [6.45, 7) is 1.92. The van der Waals surface area contributed by atoms with Crippen molar-refractivity contribution in [3.05, 3.63) is 29.8 Å². The van der Waals surface area contributed by atoms with Gasteiger partial charge in [0.15, 0.2) is 5.78 Å². The Bertz CT molecular complexity index is 465. The first-order valence-corrected chi connectivity index (χ1v) is 6.18. The molecule has 102 valence electrons. The number of nitrogens with one attached hydrogen (secondary N) is 1. The number of rotatable bonds is 7. The fourth-order valence-electron chi connectivity index (χ4n) is 1.55. The van der Waals surface area contributed by atoms with Gasteiger partial charge in [-0.2, -0.15) is 0 Å². The molecule has 0 aliphatic heterocycles. The van der Waals surface area contributed by atoms with E-state index in [4.69, 9.17) is 5.11 Å². The van der Waals surface area contributed by atoms with Crippen LogP contribution in [0, 0.1) is 0 Å². The number of aliphatic carboxylic acids is 1. The second kappa shape index (κ2) is 7.31. The van der Waals surface area contributed by atoms with Gasteiger partial charge in [0, 0.05) is 24.1 Å². The molecule has 0 fully saturated rings. The van der Waals surface area contributed by atoms with Crippen LogP contribution in [0.25, 0.3) is 0 Å². The maximum atomic E-state index is 11.6. The zero-order valence-corrected chi connectivity index (χ0v) is 10.8. The minimum Gasteiger partial charge on any atom is -0.481 e. The van der Waals surface area contributed by atoms with E-state index in [-0.39, 0.29) is 24.5 Å². The zero-order chi connectivity index (χ0) is 14.3. The number of carboxylic acids is 1. The molecular weight excluding hydrogens is 246 g/mol. The molecule has 1 amide bonds. The molecule has 0 heterocycles. The molecule has 5 nitrogen and oxygen atoms in total.